The Kier molecular flexibility index (Phi) is 4.79. The van der Waals surface area contributed by atoms with Crippen LogP contribution in [0.4, 0.5) is 11.4 Å². The number of nitrogens with one attached hydrogen (secondary N) is 1. The Bertz CT molecular complexity index is 534. The molecule has 0 aliphatic carbocycles. The number of hydrogen-bond acceptors (Lipinski definition) is 5. The molecule has 0 saturated carbocycles. The van der Waals surface area contributed by atoms with Crippen LogP contribution in [-0.4, -0.2) is 27.9 Å². The number of nitro groups is 1. The monoisotopic (exact) mass is 287 g/mol. The van der Waals surface area contributed by atoms with Crippen molar-refractivity contribution >= 4 is 34.9 Å². The summed E-state index contributed by atoms with van der Waals surface area (Å²) in [5.74, 6) is -1.95. The average Bonchev–Trinajstić information content (AvgIpc) is 2.30. The molecule has 4 N–H and O–H groups in total. The standard InChI is InChI=1S/C10H10ClN3O5/c11-6-3-5(14(18)19)1-2-8(6)13-10(17)7(12)4-9(15)16/h1-3,7H,4,12H2,(H,13,17)(H,15,16). The summed E-state index contributed by atoms with van der Waals surface area (Å²) < 4.78 is 0. The van der Waals surface area contributed by atoms with Crippen LogP contribution in [-0.2, 0) is 9.59 Å². The first kappa shape index (κ1) is 14.9. The van der Waals surface area contributed by atoms with E-state index < -0.39 is 29.3 Å². The summed E-state index contributed by atoms with van der Waals surface area (Å²) in [6.07, 6.45) is -0.531. The van der Waals surface area contributed by atoms with Gasteiger partial charge in [-0.25, -0.2) is 0 Å². The van der Waals surface area contributed by atoms with E-state index in [2.05, 4.69) is 5.32 Å². The zero-order chi connectivity index (χ0) is 14.6. The van der Waals surface area contributed by atoms with Gasteiger partial charge in [0.05, 0.1) is 28.1 Å². The highest BCUT2D eigenvalue weighted by Gasteiger charge is 2.18. The first-order valence-corrected chi connectivity index (χ1v) is 5.41. The second-order valence-corrected chi connectivity index (χ2v) is 4.02. The van der Waals surface area contributed by atoms with Crippen molar-refractivity contribution in [3.8, 4) is 0 Å². The molecule has 0 saturated heterocycles. The lowest BCUT2D eigenvalue weighted by Gasteiger charge is -2.11. The molecule has 0 fully saturated rings. The Morgan fingerprint density at radius 3 is 2.63 bits per heavy atom. The molecule has 1 aromatic carbocycles. The maximum atomic E-state index is 11.5. The van der Waals surface area contributed by atoms with Crippen molar-refractivity contribution in [1.29, 1.82) is 0 Å². The van der Waals surface area contributed by atoms with Crippen molar-refractivity contribution in [3.63, 3.8) is 0 Å². The van der Waals surface area contributed by atoms with Crippen molar-refractivity contribution in [2.75, 3.05) is 5.32 Å². The highest BCUT2D eigenvalue weighted by molar-refractivity contribution is 6.34. The molecule has 1 amide bonds. The van der Waals surface area contributed by atoms with Crippen molar-refractivity contribution in [3.05, 3.63) is 33.3 Å². The summed E-state index contributed by atoms with van der Waals surface area (Å²) in [6.45, 7) is 0. The van der Waals surface area contributed by atoms with Gasteiger partial charge in [-0.2, -0.15) is 0 Å². The number of nitro benzene ring substituents is 1. The number of hydrogen-bond donors (Lipinski definition) is 3. The van der Waals surface area contributed by atoms with Gasteiger partial charge in [-0.3, -0.25) is 19.7 Å². The van der Waals surface area contributed by atoms with Crippen molar-refractivity contribution in [2.45, 2.75) is 12.5 Å². The molecular formula is C10H10ClN3O5. The van der Waals surface area contributed by atoms with Gasteiger partial charge in [0.2, 0.25) is 5.91 Å². The zero-order valence-electron chi connectivity index (χ0n) is 9.50. The van der Waals surface area contributed by atoms with E-state index in [-0.39, 0.29) is 16.4 Å². The quantitative estimate of drug-likeness (QED) is 0.546. The SMILES string of the molecule is NC(CC(=O)O)C(=O)Nc1ccc([N+](=O)[O-])cc1Cl. The molecule has 0 spiro atoms. The lowest BCUT2D eigenvalue weighted by molar-refractivity contribution is -0.384. The van der Waals surface area contributed by atoms with Crippen LogP contribution in [0.3, 0.4) is 0 Å². The summed E-state index contributed by atoms with van der Waals surface area (Å²) in [4.78, 5) is 31.8. The Balaban J connectivity index is 2.80. The molecule has 1 atom stereocenters. The number of aliphatic carboxylic acids is 1. The lowest BCUT2D eigenvalue weighted by Crippen LogP contribution is -2.37. The van der Waals surface area contributed by atoms with Gasteiger partial charge in [-0.15, -0.1) is 0 Å². The highest BCUT2D eigenvalue weighted by atomic mass is 35.5. The van der Waals surface area contributed by atoms with Crippen molar-refractivity contribution in [2.24, 2.45) is 5.73 Å². The lowest BCUT2D eigenvalue weighted by atomic mass is 10.2. The van der Waals surface area contributed by atoms with Crippen molar-refractivity contribution in [1.82, 2.24) is 0 Å². The molecule has 8 nitrogen and oxygen atoms in total. The van der Waals surface area contributed by atoms with Gasteiger partial charge in [0.15, 0.2) is 0 Å². The van der Waals surface area contributed by atoms with Gasteiger partial charge in [0.1, 0.15) is 0 Å². The first-order chi connectivity index (χ1) is 8.81. The van der Waals surface area contributed by atoms with E-state index in [0.29, 0.717) is 0 Å². The van der Waals surface area contributed by atoms with Gasteiger partial charge in [-0.05, 0) is 6.07 Å². The number of anilines is 1. The number of benzene rings is 1. The fourth-order valence-electron chi connectivity index (χ4n) is 1.23. The molecular weight excluding hydrogens is 278 g/mol. The molecule has 19 heavy (non-hydrogen) atoms. The van der Waals surface area contributed by atoms with E-state index in [9.17, 15) is 19.7 Å². The number of non-ortho nitro benzene ring substituents is 1. The molecule has 1 aromatic rings. The Labute approximate surface area is 112 Å². The van der Waals surface area contributed by atoms with Crippen LogP contribution in [0.25, 0.3) is 0 Å². The predicted octanol–water partition coefficient (Wildman–Crippen LogP) is 0.989. The second kappa shape index (κ2) is 6.12. The molecule has 0 aliphatic heterocycles. The number of halogens is 1. The number of rotatable bonds is 5. The van der Waals surface area contributed by atoms with Gasteiger partial charge in [-0.1, -0.05) is 11.6 Å². The summed E-state index contributed by atoms with van der Waals surface area (Å²) in [6, 6.07) is 2.24. The molecule has 1 rings (SSSR count). The van der Waals surface area contributed by atoms with Crippen LogP contribution in [0.5, 0.6) is 0 Å². The number of carbonyl (C=O) groups excluding carboxylic acids is 1. The Morgan fingerprint density at radius 1 is 1.53 bits per heavy atom. The minimum absolute atomic E-state index is 0.0370. The summed E-state index contributed by atoms with van der Waals surface area (Å²) in [5.41, 5.74) is 5.25. The maximum Gasteiger partial charge on any atom is 0.305 e. The third-order valence-corrected chi connectivity index (χ3v) is 2.47. The van der Waals surface area contributed by atoms with Crippen LogP contribution >= 0.6 is 11.6 Å². The molecule has 0 aromatic heterocycles. The minimum atomic E-state index is -1.23. The molecule has 9 heteroatoms. The molecule has 102 valence electrons. The van der Waals surface area contributed by atoms with E-state index in [1.165, 1.54) is 6.07 Å². The molecule has 1 unspecified atom stereocenters. The van der Waals surface area contributed by atoms with Gasteiger partial charge in [0, 0.05) is 12.1 Å². The molecule has 0 heterocycles. The average molecular weight is 288 g/mol. The van der Waals surface area contributed by atoms with E-state index in [0.717, 1.165) is 12.1 Å². The zero-order valence-corrected chi connectivity index (χ0v) is 10.3. The fourth-order valence-corrected chi connectivity index (χ4v) is 1.45. The van der Waals surface area contributed by atoms with E-state index in [1.807, 2.05) is 0 Å². The summed E-state index contributed by atoms with van der Waals surface area (Å²) >= 11 is 5.75. The van der Waals surface area contributed by atoms with Gasteiger partial charge >= 0.3 is 5.97 Å². The van der Waals surface area contributed by atoms with E-state index >= 15 is 0 Å². The number of carboxylic acids is 1. The van der Waals surface area contributed by atoms with Crippen LogP contribution in [0.2, 0.25) is 5.02 Å². The molecule has 0 aliphatic rings. The third-order valence-electron chi connectivity index (χ3n) is 2.15. The van der Waals surface area contributed by atoms with Crippen LogP contribution in [0.1, 0.15) is 6.42 Å². The van der Waals surface area contributed by atoms with Crippen LogP contribution in [0.15, 0.2) is 18.2 Å². The number of nitrogens with two attached hydrogens (primary N) is 1. The van der Waals surface area contributed by atoms with Gasteiger partial charge in [0.25, 0.3) is 5.69 Å². The third kappa shape index (κ3) is 4.19. The predicted molar refractivity (Wildman–Crippen MR) is 67.0 cm³/mol. The van der Waals surface area contributed by atoms with Crippen LogP contribution in [0, 0.1) is 10.1 Å². The summed E-state index contributed by atoms with van der Waals surface area (Å²) in [7, 11) is 0. The summed E-state index contributed by atoms with van der Waals surface area (Å²) in [5, 5.41) is 21.2. The first-order valence-electron chi connectivity index (χ1n) is 5.03. The second-order valence-electron chi connectivity index (χ2n) is 3.61. The van der Waals surface area contributed by atoms with Crippen molar-refractivity contribution < 1.29 is 19.6 Å². The van der Waals surface area contributed by atoms with Gasteiger partial charge < -0.3 is 16.2 Å². The topological polar surface area (TPSA) is 136 Å². The highest BCUT2D eigenvalue weighted by Crippen LogP contribution is 2.26. The van der Waals surface area contributed by atoms with E-state index in [1.54, 1.807) is 0 Å². The molecule has 0 bridgehead atoms. The van der Waals surface area contributed by atoms with E-state index in [4.69, 9.17) is 22.4 Å². The number of carboxylic acid groups (broad SMARTS) is 1. The number of amides is 1. The largest absolute Gasteiger partial charge is 0.481 e. The normalized spacial score (nSPS) is 11.7. The fraction of sp³-hybridized carbons (Fsp3) is 0.200. The Hall–Kier alpha value is -2.19. The maximum absolute atomic E-state index is 11.5. The Morgan fingerprint density at radius 2 is 2.16 bits per heavy atom. The number of nitrogens with zero attached hydrogens (tertiary/aromatic N) is 1. The van der Waals surface area contributed by atoms with Crippen LogP contribution < -0.4 is 11.1 Å². The number of carbonyl (C=O) groups is 2. The minimum Gasteiger partial charge on any atom is -0.481 e. The smallest absolute Gasteiger partial charge is 0.305 e. The molecule has 0 radical (unpaired) electrons.